The molecule has 4 heteroatoms. The third-order valence-electron chi connectivity index (χ3n) is 2.80. The molecule has 98 valence electrons. The monoisotopic (exact) mass is 257 g/mol. The third kappa shape index (κ3) is 2.73. The van der Waals surface area contributed by atoms with Crippen LogP contribution in [0.3, 0.4) is 0 Å². The van der Waals surface area contributed by atoms with E-state index >= 15 is 0 Å². The molecule has 0 aliphatic carbocycles. The number of hydrogen-bond acceptors (Lipinski definition) is 4. The van der Waals surface area contributed by atoms with Crippen molar-refractivity contribution >= 4 is 23.3 Å². The van der Waals surface area contributed by atoms with Crippen LogP contribution in [0.1, 0.15) is 25.0 Å². The molecule has 0 unspecified atom stereocenters. The highest BCUT2D eigenvalue weighted by molar-refractivity contribution is 6.27. The molecule has 0 aromatic heterocycles. The molecule has 1 heterocycles. The Morgan fingerprint density at radius 1 is 1.47 bits per heavy atom. The van der Waals surface area contributed by atoms with Gasteiger partial charge in [-0.05, 0) is 18.1 Å². The van der Waals surface area contributed by atoms with Gasteiger partial charge in [0.05, 0.1) is 0 Å². The highest BCUT2D eigenvalue weighted by atomic mass is 16.7. The summed E-state index contributed by atoms with van der Waals surface area (Å²) in [4.78, 5) is 15.6. The quantitative estimate of drug-likeness (QED) is 0.617. The van der Waals surface area contributed by atoms with E-state index in [2.05, 4.69) is 11.7 Å². The highest BCUT2D eigenvalue weighted by Crippen LogP contribution is 2.30. The van der Waals surface area contributed by atoms with Crippen LogP contribution in [0.2, 0.25) is 0 Å². The molecule has 1 aliphatic heterocycles. The first kappa shape index (κ1) is 13.1. The van der Waals surface area contributed by atoms with Crippen LogP contribution in [0.4, 0.5) is 0 Å². The minimum absolute atomic E-state index is 0.305. The van der Waals surface area contributed by atoms with E-state index in [0.29, 0.717) is 12.3 Å². The molecule has 0 saturated carbocycles. The summed E-state index contributed by atoms with van der Waals surface area (Å²) in [6, 6.07) is 7.80. The van der Waals surface area contributed by atoms with Crippen molar-refractivity contribution in [3.8, 4) is 0 Å². The molecule has 0 atom stereocenters. The Morgan fingerprint density at radius 3 is 2.89 bits per heavy atom. The van der Waals surface area contributed by atoms with Gasteiger partial charge in [0, 0.05) is 12.5 Å². The predicted octanol–water partition coefficient (Wildman–Crippen LogP) is 3.01. The number of benzene rings is 1. The van der Waals surface area contributed by atoms with Crippen LogP contribution in [-0.4, -0.2) is 18.3 Å². The summed E-state index contributed by atoms with van der Waals surface area (Å²) in [6.07, 6.45) is 1.78. The van der Waals surface area contributed by atoms with Crippen LogP contribution in [0.5, 0.6) is 0 Å². The molecule has 1 aromatic rings. The molecule has 0 amide bonds. The van der Waals surface area contributed by atoms with Gasteiger partial charge < -0.3 is 9.57 Å². The summed E-state index contributed by atoms with van der Waals surface area (Å²) < 4.78 is 5.49. The van der Waals surface area contributed by atoms with Gasteiger partial charge in [-0.15, -0.1) is 0 Å². The van der Waals surface area contributed by atoms with Crippen molar-refractivity contribution in [1.82, 2.24) is 0 Å². The fourth-order valence-electron chi connectivity index (χ4n) is 1.96. The largest absolute Gasteiger partial charge is 0.491 e. The number of carbonyl (C=O) groups is 1. The maximum atomic E-state index is 10.8. The van der Waals surface area contributed by atoms with Crippen LogP contribution in [0.25, 0.3) is 11.6 Å². The summed E-state index contributed by atoms with van der Waals surface area (Å²) in [5.74, 6) is 0.314. The molecule has 0 bridgehead atoms. The Labute approximate surface area is 112 Å². The van der Waals surface area contributed by atoms with E-state index in [9.17, 15) is 4.79 Å². The molecule has 19 heavy (non-hydrogen) atoms. The lowest BCUT2D eigenvalue weighted by molar-refractivity contribution is -0.140. The van der Waals surface area contributed by atoms with E-state index in [1.165, 1.54) is 6.92 Å². The van der Waals surface area contributed by atoms with Gasteiger partial charge >= 0.3 is 5.97 Å². The lowest BCUT2D eigenvalue weighted by Crippen LogP contribution is -2.06. The Morgan fingerprint density at radius 2 is 2.21 bits per heavy atom. The molecule has 2 rings (SSSR count). The van der Waals surface area contributed by atoms with Gasteiger partial charge in [0.1, 0.15) is 18.1 Å². The topological polar surface area (TPSA) is 47.9 Å². The van der Waals surface area contributed by atoms with E-state index < -0.39 is 5.97 Å². The van der Waals surface area contributed by atoms with Crippen molar-refractivity contribution in [2.45, 2.75) is 13.8 Å². The van der Waals surface area contributed by atoms with Gasteiger partial charge in [-0.3, -0.25) is 0 Å². The number of oxime groups is 1. The van der Waals surface area contributed by atoms with Gasteiger partial charge in [0.15, 0.2) is 0 Å². The molecule has 0 spiro atoms. The summed E-state index contributed by atoms with van der Waals surface area (Å²) >= 11 is 0. The second-order valence-corrected chi connectivity index (χ2v) is 4.13. The molecule has 1 aliphatic rings. The number of carbonyl (C=O) groups excluding carboxylic acids is 1. The van der Waals surface area contributed by atoms with E-state index in [1.54, 1.807) is 6.08 Å². The predicted molar refractivity (Wildman–Crippen MR) is 74.3 cm³/mol. The van der Waals surface area contributed by atoms with Crippen molar-refractivity contribution in [3.05, 3.63) is 47.7 Å². The number of nitrogens with zero attached hydrogens (tertiary/aromatic N) is 1. The molecule has 0 N–H and O–H groups in total. The SMILES string of the molecule is C=Cc1ccccc1C1=C(C)OC/C1=N\OC(C)=O. The number of allylic oxidation sites excluding steroid dienone is 1. The van der Waals surface area contributed by atoms with Crippen LogP contribution in [-0.2, 0) is 14.4 Å². The highest BCUT2D eigenvalue weighted by Gasteiger charge is 2.24. The molecule has 4 nitrogen and oxygen atoms in total. The van der Waals surface area contributed by atoms with E-state index in [1.807, 2.05) is 31.2 Å². The first-order valence-corrected chi connectivity index (χ1v) is 5.94. The van der Waals surface area contributed by atoms with Gasteiger partial charge in [-0.25, -0.2) is 4.79 Å². The zero-order valence-electron chi connectivity index (χ0n) is 11.0. The average molecular weight is 257 g/mol. The van der Waals surface area contributed by atoms with Crippen molar-refractivity contribution < 1.29 is 14.4 Å². The number of hydrogen-bond donors (Lipinski definition) is 0. The molecule has 0 saturated heterocycles. The second kappa shape index (κ2) is 5.52. The summed E-state index contributed by atoms with van der Waals surface area (Å²) in [5.41, 5.74) is 3.43. The Balaban J connectivity index is 2.45. The molecule has 0 radical (unpaired) electrons. The maximum absolute atomic E-state index is 10.8. The zero-order chi connectivity index (χ0) is 13.8. The van der Waals surface area contributed by atoms with Gasteiger partial charge in [0.2, 0.25) is 0 Å². The fourth-order valence-corrected chi connectivity index (χ4v) is 1.96. The van der Waals surface area contributed by atoms with Crippen molar-refractivity contribution in [2.75, 3.05) is 6.61 Å². The lowest BCUT2D eigenvalue weighted by atomic mass is 9.96. The first-order chi connectivity index (χ1) is 9.13. The zero-order valence-corrected chi connectivity index (χ0v) is 11.0. The van der Waals surface area contributed by atoms with E-state index in [4.69, 9.17) is 9.57 Å². The van der Waals surface area contributed by atoms with Crippen molar-refractivity contribution in [2.24, 2.45) is 5.16 Å². The summed E-state index contributed by atoms with van der Waals surface area (Å²) in [6.45, 7) is 7.28. The molecular formula is C15H15NO3. The number of rotatable bonds is 3. The Bertz CT molecular complexity index is 585. The summed E-state index contributed by atoms with van der Waals surface area (Å²) in [5, 5.41) is 3.86. The first-order valence-electron chi connectivity index (χ1n) is 5.94. The normalized spacial score (nSPS) is 16.4. The smallest absolute Gasteiger partial charge is 0.331 e. The number of ether oxygens (including phenoxy) is 1. The van der Waals surface area contributed by atoms with Gasteiger partial charge in [0.25, 0.3) is 0 Å². The minimum Gasteiger partial charge on any atom is -0.491 e. The van der Waals surface area contributed by atoms with Gasteiger partial charge in [-0.2, -0.15) is 0 Å². The lowest BCUT2D eigenvalue weighted by Gasteiger charge is -2.07. The van der Waals surface area contributed by atoms with Crippen molar-refractivity contribution in [1.29, 1.82) is 0 Å². The Kier molecular flexibility index (Phi) is 3.80. The van der Waals surface area contributed by atoms with Crippen LogP contribution in [0, 0.1) is 0 Å². The van der Waals surface area contributed by atoms with Crippen LogP contribution in [0.15, 0.2) is 41.8 Å². The maximum Gasteiger partial charge on any atom is 0.331 e. The standard InChI is InChI=1S/C15H15NO3/c1-4-12-7-5-6-8-13(12)15-10(2)18-9-14(15)16-19-11(3)17/h4-8H,1,9H2,2-3H3/b16-14+. The molecule has 1 aromatic carbocycles. The minimum atomic E-state index is -0.451. The Hall–Kier alpha value is -2.36. The molecule has 0 fully saturated rings. The van der Waals surface area contributed by atoms with Gasteiger partial charge in [-0.1, -0.05) is 42.1 Å². The van der Waals surface area contributed by atoms with E-state index in [0.717, 1.165) is 22.5 Å². The van der Waals surface area contributed by atoms with E-state index in [-0.39, 0.29) is 0 Å². The van der Waals surface area contributed by atoms with Crippen LogP contribution < -0.4 is 0 Å². The van der Waals surface area contributed by atoms with Crippen LogP contribution >= 0.6 is 0 Å². The third-order valence-corrected chi connectivity index (χ3v) is 2.80. The second-order valence-electron chi connectivity index (χ2n) is 4.13. The average Bonchev–Trinajstić information content (AvgIpc) is 2.77. The summed E-state index contributed by atoms with van der Waals surface area (Å²) in [7, 11) is 0. The fraction of sp³-hybridized carbons (Fsp3) is 0.200. The van der Waals surface area contributed by atoms with Crippen molar-refractivity contribution in [3.63, 3.8) is 0 Å². The molecular weight excluding hydrogens is 242 g/mol.